The maximum absolute atomic E-state index is 6.04. The third-order valence-electron chi connectivity index (χ3n) is 3.40. The van der Waals surface area contributed by atoms with E-state index in [1.165, 1.54) is 24.0 Å². The number of halogens is 1. The smallest absolute Gasteiger partial charge is 0.0409 e. The van der Waals surface area contributed by atoms with Crippen molar-refractivity contribution in [1.82, 2.24) is 0 Å². The van der Waals surface area contributed by atoms with Gasteiger partial charge in [-0.2, -0.15) is 0 Å². The molecule has 0 spiro atoms. The molecule has 0 radical (unpaired) electrons. The molecule has 1 atom stereocenters. The highest BCUT2D eigenvalue weighted by atomic mass is 35.5. The summed E-state index contributed by atoms with van der Waals surface area (Å²) < 4.78 is 0. The van der Waals surface area contributed by atoms with Crippen LogP contribution in [0.1, 0.15) is 30.9 Å². The molecule has 0 bridgehead atoms. The first-order chi connectivity index (χ1) is 6.56. The minimum atomic E-state index is 0.217. The van der Waals surface area contributed by atoms with Crippen molar-refractivity contribution in [2.24, 2.45) is 5.73 Å². The Hall–Kier alpha value is -0.530. The van der Waals surface area contributed by atoms with Gasteiger partial charge in [0.15, 0.2) is 0 Å². The van der Waals surface area contributed by atoms with Crippen LogP contribution in [0.2, 0.25) is 5.02 Å². The Kier molecular flexibility index (Phi) is 2.32. The molecule has 0 saturated heterocycles. The highest BCUT2D eigenvalue weighted by molar-refractivity contribution is 6.30. The van der Waals surface area contributed by atoms with Crippen molar-refractivity contribution in [1.29, 1.82) is 0 Å². The number of hydrogen-bond donors (Lipinski definition) is 1. The van der Waals surface area contributed by atoms with Gasteiger partial charge in [0.2, 0.25) is 0 Å². The summed E-state index contributed by atoms with van der Waals surface area (Å²) in [7, 11) is 0. The van der Waals surface area contributed by atoms with Gasteiger partial charge < -0.3 is 5.73 Å². The van der Waals surface area contributed by atoms with Gasteiger partial charge in [0.05, 0.1) is 0 Å². The molecule has 2 rings (SSSR count). The van der Waals surface area contributed by atoms with Crippen LogP contribution in [0, 0.1) is 6.92 Å². The maximum Gasteiger partial charge on any atom is 0.0409 e. The van der Waals surface area contributed by atoms with E-state index in [0.29, 0.717) is 0 Å². The van der Waals surface area contributed by atoms with Crippen LogP contribution in [0.3, 0.4) is 0 Å². The predicted molar refractivity (Wildman–Crippen MR) is 60.8 cm³/mol. The summed E-state index contributed by atoms with van der Waals surface area (Å²) in [4.78, 5) is 0. The largest absolute Gasteiger partial charge is 0.327 e. The topological polar surface area (TPSA) is 26.0 Å². The van der Waals surface area contributed by atoms with E-state index in [2.05, 4.69) is 26.0 Å². The fourth-order valence-electron chi connectivity index (χ4n) is 2.24. The molecule has 2 heteroatoms. The Labute approximate surface area is 90.3 Å². The molecule has 1 unspecified atom stereocenters. The van der Waals surface area contributed by atoms with E-state index in [-0.39, 0.29) is 11.5 Å². The Bertz CT molecular complexity index is 353. The quantitative estimate of drug-likeness (QED) is 0.796. The van der Waals surface area contributed by atoms with Gasteiger partial charge in [0.1, 0.15) is 0 Å². The van der Waals surface area contributed by atoms with E-state index in [0.717, 1.165) is 5.02 Å². The van der Waals surface area contributed by atoms with E-state index in [9.17, 15) is 0 Å². The van der Waals surface area contributed by atoms with Gasteiger partial charge >= 0.3 is 0 Å². The van der Waals surface area contributed by atoms with Crippen LogP contribution in [0.15, 0.2) is 18.2 Å². The zero-order valence-electron chi connectivity index (χ0n) is 8.68. The van der Waals surface area contributed by atoms with Crippen molar-refractivity contribution in [2.45, 2.75) is 38.1 Å². The minimum absolute atomic E-state index is 0.217. The lowest BCUT2D eigenvalue weighted by Gasteiger charge is -2.22. The molecule has 0 aliphatic heterocycles. The molecular weight excluding hydrogens is 194 g/mol. The Morgan fingerprint density at radius 1 is 1.43 bits per heavy atom. The first kappa shape index (κ1) is 10.0. The summed E-state index contributed by atoms with van der Waals surface area (Å²) in [5.74, 6) is 0. The summed E-state index contributed by atoms with van der Waals surface area (Å²) in [6, 6.07) is 6.32. The maximum atomic E-state index is 6.04. The van der Waals surface area contributed by atoms with Crippen LogP contribution in [0.5, 0.6) is 0 Å². The van der Waals surface area contributed by atoms with E-state index in [1.807, 2.05) is 6.07 Å². The summed E-state index contributed by atoms with van der Waals surface area (Å²) in [5.41, 5.74) is 8.91. The Balaban J connectivity index is 2.46. The number of hydrogen-bond acceptors (Lipinski definition) is 1. The fraction of sp³-hybridized carbons (Fsp3) is 0.500. The standard InChI is InChI=1S/C12H16ClN/c1-8-3-4-10(13)7-11(8)12(5-6-12)9(2)14/h3-4,7,9H,5-6,14H2,1-2H3. The van der Waals surface area contributed by atoms with Gasteiger partial charge in [-0.1, -0.05) is 17.7 Å². The zero-order valence-corrected chi connectivity index (χ0v) is 9.43. The van der Waals surface area contributed by atoms with E-state index < -0.39 is 0 Å². The van der Waals surface area contributed by atoms with Gasteiger partial charge in [-0.3, -0.25) is 0 Å². The molecule has 0 heterocycles. The molecule has 2 N–H and O–H groups in total. The lowest BCUT2D eigenvalue weighted by atomic mass is 9.86. The molecule has 1 nitrogen and oxygen atoms in total. The lowest BCUT2D eigenvalue weighted by molar-refractivity contribution is 0.554. The second kappa shape index (κ2) is 3.25. The molecule has 1 saturated carbocycles. The second-order valence-corrected chi connectivity index (χ2v) is 4.84. The Morgan fingerprint density at radius 2 is 2.07 bits per heavy atom. The average molecular weight is 210 g/mol. The van der Waals surface area contributed by atoms with Crippen molar-refractivity contribution in [2.75, 3.05) is 0 Å². The van der Waals surface area contributed by atoms with E-state index in [1.54, 1.807) is 0 Å². The van der Waals surface area contributed by atoms with Crippen molar-refractivity contribution in [3.8, 4) is 0 Å². The van der Waals surface area contributed by atoms with Crippen LogP contribution < -0.4 is 5.73 Å². The minimum Gasteiger partial charge on any atom is -0.327 e. The number of benzene rings is 1. The fourth-order valence-corrected chi connectivity index (χ4v) is 2.41. The SMILES string of the molecule is Cc1ccc(Cl)cc1C1(C(C)N)CC1. The van der Waals surface area contributed by atoms with Crippen LogP contribution >= 0.6 is 11.6 Å². The number of nitrogens with two attached hydrogens (primary N) is 1. The number of aryl methyl sites for hydroxylation is 1. The molecule has 1 aromatic carbocycles. The highest BCUT2D eigenvalue weighted by Gasteiger charge is 2.48. The van der Waals surface area contributed by atoms with Gasteiger partial charge in [-0.15, -0.1) is 0 Å². The normalized spacial score (nSPS) is 20.6. The first-order valence-electron chi connectivity index (χ1n) is 5.08. The third kappa shape index (κ3) is 1.45. The van der Waals surface area contributed by atoms with Crippen LogP contribution in [0.4, 0.5) is 0 Å². The molecule has 76 valence electrons. The predicted octanol–water partition coefficient (Wildman–Crippen LogP) is 3.03. The molecule has 1 aliphatic rings. The summed E-state index contributed by atoms with van der Waals surface area (Å²) in [6.45, 7) is 4.22. The molecule has 1 aromatic rings. The molecular formula is C12H16ClN. The van der Waals surface area contributed by atoms with Crippen LogP contribution in [-0.4, -0.2) is 6.04 Å². The van der Waals surface area contributed by atoms with Gasteiger partial charge in [0.25, 0.3) is 0 Å². The molecule has 14 heavy (non-hydrogen) atoms. The Morgan fingerprint density at radius 3 is 2.57 bits per heavy atom. The molecule has 1 aliphatic carbocycles. The van der Waals surface area contributed by atoms with Crippen molar-refractivity contribution in [3.05, 3.63) is 34.3 Å². The van der Waals surface area contributed by atoms with Crippen molar-refractivity contribution >= 4 is 11.6 Å². The van der Waals surface area contributed by atoms with Gasteiger partial charge in [-0.25, -0.2) is 0 Å². The zero-order chi connectivity index (χ0) is 10.3. The van der Waals surface area contributed by atoms with Crippen LogP contribution in [0.25, 0.3) is 0 Å². The first-order valence-corrected chi connectivity index (χ1v) is 5.46. The number of rotatable bonds is 2. The second-order valence-electron chi connectivity index (χ2n) is 4.40. The summed E-state index contributed by atoms with van der Waals surface area (Å²) >= 11 is 6.01. The molecule has 0 aromatic heterocycles. The highest BCUT2D eigenvalue weighted by Crippen LogP contribution is 2.51. The molecule has 1 fully saturated rings. The monoisotopic (exact) mass is 209 g/mol. The molecule has 0 amide bonds. The van der Waals surface area contributed by atoms with E-state index in [4.69, 9.17) is 17.3 Å². The van der Waals surface area contributed by atoms with Crippen molar-refractivity contribution in [3.63, 3.8) is 0 Å². The van der Waals surface area contributed by atoms with Gasteiger partial charge in [0, 0.05) is 16.5 Å². The van der Waals surface area contributed by atoms with Gasteiger partial charge in [-0.05, 0) is 49.9 Å². The summed E-state index contributed by atoms with van der Waals surface area (Å²) in [5, 5.41) is 0.817. The van der Waals surface area contributed by atoms with Crippen LogP contribution in [-0.2, 0) is 5.41 Å². The lowest BCUT2D eigenvalue weighted by Crippen LogP contribution is -2.32. The van der Waals surface area contributed by atoms with Crippen molar-refractivity contribution < 1.29 is 0 Å². The summed E-state index contributed by atoms with van der Waals surface area (Å²) in [6.07, 6.45) is 2.40. The average Bonchev–Trinajstić information content (AvgIpc) is 2.90. The van der Waals surface area contributed by atoms with E-state index >= 15 is 0 Å². The third-order valence-corrected chi connectivity index (χ3v) is 3.63.